The Morgan fingerprint density at radius 2 is 2.17 bits per heavy atom. The number of hydrogen-bond acceptors (Lipinski definition) is 2. The first-order chi connectivity index (χ1) is 5.74. The molecule has 62 valence electrons. The van der Waals surface area contributed by atoms with Crippen LogP contribution in [0, 0.1) is 11.3 Å². The highest BCUT2D eigenvalue weighted by molar-refractivity contribution is 8.00. The molecule has 1 aromatic rings. The summed E-state index contributed by atoms with van der Waals surface area (Å²) in [4.78, 5) is 0.966. The molecule has 0 aliphatic rings. The van der Waals surface area contributed by atoms with Gasteiger partial charge in [0.25, 0.3) is 0 Å². The Morgan fingerprint density at radius 1 is 1.50 bits per heavy atom. The van der Waals surface area contributed by atoms with Gasteiger partial charge in [-0.3, -0.25) is 0 Å². The van der Waals surface area contributed by atoms with Crippen LogP contribution in [0.15, 0.2) is 29.2 Å². The van der Waals surface area contributed by atoms with Gasteiger partial charge >= 0.3 is 0 Å². The lowest BCUT2D eigenvalue weighted by Crippen LogP contribution is -1.89. The average Bonchev–Trinajstić information content (AvgIpc) is 2.09. The molecule has 0 aromatic heterocycles. The van der Waals surface area contributed by atoms with Crippen molar-refractivity contribution >= 4 is 23.4 Å². The van der Waals surface area contributed by atoms with Gasteiger partial charge in [0.1, 0.15) is 0 Å². The summed E-state index contributed by atoms with van der Waals surface area (Å²) in [5.74, 6) is 0. The third-order valence-corrected chi connectivity index (χ3v) is 2.83. The summed E-state index contributed by atoms with van der Waals surface area (Å²) in [6.45, 7) is 1.86. The standard InChI is InChI=1S/C9H8ClNS/c1-7(6-11)12-9-5-3-2-4-8(9)10/h2-5,7H,1H3. The zero-order valence-electron chi connectivity index (χ0n) is 6.62. The number of nitriles is 1. The van der Waals surface area contributed by atoms with Crippen LogP contribution in [0.3, 0.4) is 0 Å². The molecule has 1 atom stereocenters. The lowest BCUT2D eigenvalue weighted by Gasteiger charge is -2.03. The van der Waals surface area contributed by atoms with Gasteiger partial charge in [0.15, 0.2) is 0 Å². The average molecular weight is 198 g/mol. The van der Waals surface area contributed by atoms with Crippen molar-refractivity contribution in [3.63, 3.8) is 0 Å². The molecule has 0 aliphatic carbocycles. The van der Waals surface area contributed by atoms with Crippen molar-refractivity contribution in [2.75, 3.05) is 0 Å². The summed E-state index contributed by atoms with van der Waals surface area (Å²) in [5, 5.41) is 9.23. The maximum absolute atomic E-state index is 8.57. The molecule has 0 bridgehead atoms. The van der Waals surface area contributed by atoms with Crippen molar-refractivity contribution in [2.45, 2.75) is 17.1 Å². The Balaban J connectivity index is 2.77. The lowest BCUT2D eigenvalue weighted by molar-refractivity contribution is 1.23. The van der Waals surface area contributed by atoms with Crippen LogP contribution in [0.1, 0.15) is 6.92 Å². The summed E-state index contributed by atoms with van der Waals surface area (Å²) in [5.41, 5.74) is 0. The van der Waals surface area contributed by atoms with Crippen LogP contribution in [-0.2, 0) is 0 Å². The van der Waals surface area contributed by atoms with E-state index in [4.69, 9.17) is 16.9 Å². The highest BCUT2D eigenvalue weighted by Crippen LogP contribution is 2.29. The van der Waals surface area contributed by atoms with E-state index in [0.717, 1.165) is 4.90 Å². The van der Waals surface area contributed by atoms with Crippen LogP contribution in [-0.4, -0.2) is 5.25 Å². The molecule has 0 radical (unpaired) electrons. The maximum Gasteiger partial charge on any atom is 0.0936 e. The fourth-order valence-electron chi connectivity index (χ4n) is 0.757. The molecule has 1 unspecified atom stereocenters. The van der Waals surface area contributed by atoms with Crippen molar-refractivity contribution in [3.8, 4) is 6.07 Å². The summed E-state index contributed by atoms with van der Waals surface area (Å²) >= 11 is 7.37. The monoisotopic (exact) mass is 197 g/mol. The molecular formula is C9H8ClNS. The van der Waals surface area contributed by atoms with Crippen molar-refractivity contribution in [1.29, 1.82) is 5.26 Å². The number of nitrogens with zero attached hydrogens (tertiary/aromatic N) is 1. The third-order valence-electron chi connectivity index (χ3n) is 1.32. The minimum absolute atomic E-state index is 0.0510. The number of benzene rings is 1. The molecule has 0 aliphatic heterocycles. The predicted molar refractivity (Wildman–Crippen MR) is 52.4 cm³/mol. The molecule has 1 aromatic carbocycles. The molecule has 0 saturated heterocycles. The van der Waals surface area contributed by atoms with Gasteiger partial charge in [-0.1, -0.05) is 23.7 Å². The zero-order valence-corrected chi connectivity index (χ0v) is 8.19. The van der Waals surface area contributed by atoms with E-state index >= 15 is 0 Å². The van der Waals surface area contributed by atoms with Crippen LogP contribution in [0.4, 0.5) is 0 Å². The molecule has 0 spiro atoms. The first-order valence-corrected chi connectivity index (χ1v) is 4.80. The van der Waals surface area contributed by atoms with Gasteiger partial charge < -0.3 is 0 Å². The second-order valence-electron chi connectivity index (χ2n) is 2.32. The van der Waals surface area contributed by atoms with E-state index in [1.165, 1.54) is 11.8 Å². The molecule has 0 N–H and O–H groups in total. The van der Waals surface area contributed by atoms with Gasteiger partial charge in [0, 0.05) is 4.90 Å². The molecule has 0 saturated carbocycles. The van der Waals surface area contributed by atoms with E-state index in [-0.39, 0.29) is 5.25 Å². The van der Waals surface area contributed by atoms with Crippen molar-refractivity contribution in [1.82, 2.24) is 0 Å². The Hall–Kier alpha value is -0.650. The largest absolute Gasteiger partial charge is 0.197 e. The van der Waals surface area contributed by atoms with E-state index in [0.29, 0.717) is 5.02 Å². The highest BCUT2D eigenvalue weighted by atomic mass is 35.5. The van der Waals surface area contributed by atoms with Gasteiger partial charge in [-0.2, -0.15) is 5.26 Å². The third kappa shape index (κ3) is 2.44. The molecule has 1 nitrogen and oxygen atoms in total. The summed E-state index contributed by atoms with van der Waals surface area (Å²) in [6, 6.07) is 9.68. The molecule has 0 heterocycles. The van der Waals surface area contributed by atoms with Crippen LogP contribution >= 0.6 is 23.4 Å². The fourth-order valence-corrected chi connectivity index (χ4v) is 1.80. The van der Waals surface area contributed by atoms with E-state index in [1.807, 2.05) is 31.2 Å². The van der Waals surface area contributed by atoms with Crippen LogP contribution in [0.2, 0.25) is 5.02 Å². The number of hydrogen-bond donors (Lipinski definition) is 0. The summed E-state index contributed by atoms with van der Waals surface area (Å²) < 4.78 is 0. The second-order valence-corrected chi connectivity index (χ2v) is 4.11. The molecule has 0 fully saturated rings. The zero-order chi connectivity index (χ0) is 8.97. The smallest absolute Gasteiger partial charge is 0.0936 e. The second kappa shape index (κ2) is 4.39. The molecule has 3 heteroatoms. The molecule has 12 heavy (non-hydrogen) atoms. The van der Waals surface area contributed by atoms with E-state index in [9.17, 15) is 0 Å². The van der Waals surface area contributed by atoms with Crippen molar-refractivity contribution in [2.24, 2.45) is 0 Å². The van der Waals surface area contributed by atoms with Crippen LogP contribution < -0.4 is 0 Å². The molecular weight excluding hydrogens is 190 g/mol. The maximum atomic E-state index is 8.57. The number of rotatable bonds is 2. The van der Waals surface area contributed by atoms with Gasteiger partial charge in [-0.05, 0) is 19.1 Å². The van der Waals surface area contributed by atoms with E-state index < -0.39 is 0 Å². The Morgan fingerprint density at radius 3 is 2.75 bits per heavy atom. The molecule has 1 rings (SSSR count). The minimum Gasteiger partial charge on any atom is -0.197 e. The lowest BCUT2D eigenvalue weighted by atomic mass is 10.4. The van der Waals surface area contributed by atoms with E-state index in [2.05, 4.69) is 6.07 Å². The number of thioether (sulfide) groups is 1. The Kier molecular flexibility index (Phi) is 3.46. The first kappa shape index (κ1) is 9.44. The summed E-state index contributed by atoms with van der Waals surface area (Å²) in [6.07, 6.45) is 0. The van der Waals surface area contributed by atoms with Crippen molar-refractivity contribution in [3.05, 3.63) is 29.3 Å². The normalized spacial score (nSPS) is 12.1. The molecule has 0 amide bonds. The van der Waals surface area contributed by atoms with Gasteiger partial charge in [-0.15, -0.1) is 11.8 Å². The quantitative estimate of drug-likeness (QED) is 0.679. The predicted octanol–water partition coefficient (Wildman–Crippen LogP) is 3.34. The number of halogens is 1. The van der Waals surface area contributed by atoms with Crippen molar-refractivity contribution < 1.29 is 0 Å². The van der Waals surface area contributed by atoms with Gasteiger partial charge in [0.2, 0.25) is 0 Å². The fraction of sp³-hybridized carbons (Fsp3) is 0.222. The Labute approximate surface area is 81.3 Å². The van der Waals surface area contributed by atoms with Crippen LogP contribution in [0.5, 0.6) is 0 Å². The Bertz CT molecular complexity index is 306. The summed E-state index contributed by atoms with van der Waals surface area (Å²) in [7, 11) is 0. The van der Waals surface area contributed by atoms with Gasteiger partial charge in [-0.25, -0.2) is 0 Å². The van der Waals surface area contributed by atoms with Crippen LogP contribution in [0.25, 0.3) is 0 Å². The minimum atomic E-state index is -0.0510. The SMILES string of the molecule is CC(C#N)Sc1ccccc1Cl. The van der Waals surface area contributed by atoms with E-state index in [1.54, 1.807) is 0 Å². The first-order valence-electron chi connectivity index (χ1n) is 3.55. The van der Waals surface area contributed by atoms with Gasteiger partial charge in [0.05, 0.1) is 16.3 Å². The highest BCUT2D eigenvalue weighted by Gasteiger charge is 2.04. The topological polar surface area (TPSA) is 23.8 Å².